The molecule has 0 aliphatic heterocycles. The molecule has 1 atom stereocenters. The summed E-state index contributed by atoms with van der Waals surface area (Å²) in [5.41, 5.74) is 1.21. The maximum Gasteiger partial charge on any atom is 0.182 e. The fraction of sp³-hybridized carbons (Fsp3) is 0.267. The first-order valence-corrected chi connectivity index (χ1v) is 7.06. The second kappa shape index (κ2) is 6.25. The second-order valence-corrected chi connectivity index (χ2v) is 5.32. The highest BCUT2D eigenvalue weighted by molar-refractivity contribution is 5.81. The largest absolute Gasteiger partial charge is 0.366 e. The minimum absolute atomic E-state index is 0.0277. The molecule has 23 heavy (non-hydrogen) atoms. The molecular formula is C15H16F2N6. The lowest BCUT2D eigenvalue weighted by Crippen LogP contribution is -2.29. The van der Waals surface area contributed by atoms with Gasteiger partial charge in [0.2, 0.25) is 0 Å². The van der Waals surface area contributed by atoms with E-state index in [2.05, 4.69) is 25.3 Å². The summed E-state index contributed by atoms with van der Waals surface area (Å²) < 4.78 is 28.1. The number of anilines is 1. The Morgan fingerprint density at radius 2 is 1.91 bits per heavy atom. The number of halogens is 2. The highest BCUT2D eigenvalue weighted by atomic mass is 19.1. The number of H-pyrrole nitrogens is 1. The lowest BCUT2D eigenvalue weighted by Gasteiger charge is -2.26. The van der Waals surface area contributed by atoms with Gasteiger partial charge in [0, 0.05) is 12.1 Å². The number of hydrogen-bond donors (Lipinski definition) is 2. The number of fused-ring (bicyclic) bond motifs is 1. The molecule has 0 spiro atoms. The van der Waals surface area contributed by atoms with Gasteiger partial charge in [0.25, 0.3) is 0 Å². The van der Waals surface area contributed by atoms with Crippen LogP contribution in [-0.4, -0.2) is 45.5 Å². The highest BCUT2D eigenvalue weighted by Gasteiger charge is 2.22. The zero-order chi connectivity index (χ0) is 16.4. The van der Waals surface area contributed by atoms with Crippen LogP contribution in [0.1, 0.15) is 11.6 Å². The molecule has 120 valence electrons. The molecule has 0 saturated heterocycles. The van der Waals surface area contributed by atoms with Gasteiger partial charge in [-0.2, -0.15) is 0 Å². The molecule has 0 saturated carbocycles. The zero-order valence-electron chi connectivity index (χ0n) is 12.7. The van der Waals surface area contributed by atoms with Gasteiger partial charge in [-0.15, -0.1) is 0 Å². The molecule has 8 heteroatoms. The van der Waals surface area contributed by atoms with Crippen molar-refractivity contribution in [1.29, 1.82) is 0 Å². The van der Waals surface area contributed by atoms with Gasteiger partial charge in [-0.3, -0.25) is 0 Å². The van der Waals surface area contributed by atoms with Crippen molar-refractivity contribution >= 4 is 17.0 Å². The van der Waals surface area contributed by atoms with Crippen molar-refractivity contribution in [2.75, 3.05) is 26.0 Å². The Bertz CT molecular complexity index is 796. The van der Waals surface area contributed by atoms with Crippen molar-refractivity contribution in [2.24, 2.45) is 0 Å². The third kappa shape index (κ3) is 2.98. The van der Waals surface area contributed by atoms with Crippen LogP contribution in [0.2, 0.25) is 0 Å². The van der Waals surface area contributed by atoms with Crippen LogP contribution in [-0.2, 0) is 0 Å². The number of nitrogens with one attached hydrogen (secondary N) is 2. The van der Waals surface area contributed by atoms with Gasteiger partial charge in [-0.05, 0) is 26.2 Å². The first kappa shape index (κ1) is 15.3. The summed E-state index contributed by atoms with van der Waals surface area (Å²) in [4.78, 5) is 16.9. The maximum absolute atomic E-state index is 14.1. The van der Waals surface area contributed by atoms with Crippen molar-refractivity contribution < 1.29 is 8.78 Å². The summed E-state index contributed by atoms with van der Waals surface area (Å²) in [5, 5.41) is 3.11. The summed E-state index contributed by atoms with van der Waals surface area (Å²) in [7, 11) is 3.54. The van der Waals surface area contributed by atoms with E-state index in [9.17, 15) is 8.78 Å². The lowest BCUT2D eigenvalue weighted by molar-refractivity contribution is 0.295. The Kier molecular flexibility index (Phi) is 4.16. The summed E-state index contributed by atoms with van der Waals surface area (Å²) in [6.45, 7) is 0.274. The topological polar surface area (TPSA) is 69.7 Å². The fourth-order valence-corrected chi connectivity index (χ4v) is 2.46. The van der Waals surface area contributed by atoms with Crippen molar-refractivity contribution in [3.63, 3.8) is 0 Å². The summed E-state index contributed by atoms with van der Waals surface area (Å²) in [5.74, 6) is -0.601. The molecule has 0 radical (unpaired) electrons. The van der Waals surface area contributed by atoms with Crippen molar-refractivity contribution in [3.05, 3.63) is 48.1 Å². The van der Waals surface area contributed by atoms with E-state index in [1.165, 1.54) is 30.9 Å². The number of rotatable bonds is 5. The lowest BCUT2D eigenvalue weighted by atomic mass is 10.0. The van der Waals surface area contributed by atoms with E-state index in [-0.39, 0.29) is 12.1 Å². The molecule has 1 unspecified atom stereocenters. The van der Waals surface area contributed by atoms with E-state index in [0.29, 0.717) is 17.0 Å². The predicted molar refractivity (Wildman–Crippen MR) is 83.0 cm³/mol. The molecule has 0 amide bonds. The summed E-state index contributed by atoms with van der Waals surface area (Å²) in [6.07, 6.45) is 2.91. The Labute approximate surface area is 131 Å². The summed E-state index contributed by atoms with van der Waals surface area (Å²) in [6, 6.07) is 3.37. The molecule has 2 heterocycles. The number of aromatic nitrogens is 4. The van der Waals surface area contributed by atoms with Gasteiger partial charge in [-0.1, -0.05) is 6.07 Å². The van der Waals surface area contributed by atoms with Crippen molar-refractivity contribution in [3.8, 4) is 0 Å². The molecule has 1 aromatic carbocycles. The average Bonchev–Trinajstić information content (AvgIpc) is 2.99. The van der Waals surface area contributed by atoms with E-state index in [1.54, 1.807) is 19.0 Å². The van der Waals surface area contributed by atoms with Crippen LogP contribution in [0, 0.1) is 11.6 Å². The number of aromatic amines is 1. The van der Waals surface area contributed by atoms with E-state index in [0.717, 1.165) is 0 Å². The monoisotopic (exact) mass is 318 g/mol. The van der Waals surface area contributed by atoms with Gasteiger partial charge in [-0.25, -0.2) is 23.7 Å². The predicted octanol–water partition coefficient (Wildman–Crippen LogP) is 2.35. The van der Waals surface area contributed by atoms with Crippen LogP contribution in [0.25, 0.3) is 11.2 Å². The molecule has 0 aliphatic carbocycles. The molecule has 3 rings (SSSR count). The fourth-order valence-electron chi connectivity index (χ4n) is 2.46. The first-order valence-electron chi connectivity index (χ1n) is 7.06. The minimum atomic E-state index is -0.570. The molecule has 3 aromatic rings. The summed E-state index contributed by atoms with van der Waals surface area (Å²) >= 11 is 0. The normalized spacial score (nSPS) is 12.7. The quantitative estimate of drug-likeness (QED) is 0.756. The molecule has 0 bridgehead atoms. The van der Waals surface area contributed by atoms with Crippen LogP contribution >= 0.6 is 0 Å². The van der Waals surface area contributed by atoms with Gasteiger partial charge in [0.05, 0.1) is 12.4 Å². The van der Waals surface area contributed by atoms with E-state index >= 15 is 0 Å². The van der Waals surface area contributed by atoms with Crippen LogP contribution in [0.15, 0.2) is 30.9 Å². The van der Waals surface area contributed by atoms with E-state index in [1.807, 2.05) is 0 Å². The number of likely N-dealkylation sites (N-methyl/N-ethyl adjacent to an activating group) is 1. The number of imidazole rings is 1. The molecular weight excluding hydrogens is 302 g/mol. The Morgan fingerprint density at radius 3 is 2.61 bits per heavy atom. The SMILES string of the molecule is CN(C)C(CNc1ncnc2nc[nH]c12)c1c(F)cccc1F. The van der Waals surface area contributed by atoms with Gasteiger partial charge < -0.3 is 15.2 Å². The maximum atomic E-state index is 14.1. The first-order chi connectivity index (χ1) is 11.1. The van der Waals surface area contributed by atoms with Crippen molar-refractivity contribution in [1.82, 2.24) is 24.8 Å². The van der Waals surface area contributed by atoms with E-state index < -0.39 is 17.7 Å². The Balaban J connectivity index is 1.88. The third-order valence-corrected chi connectivity index (χ3v) is 3.64. The molecule has 0 aliphatic rings. The van der Waals surface area contributed by atoms with Crippen molar-refractivity contribution in [2.45, 2.75) is 6.04 Å². The van der Waals surface area contributed by atoms with Gasteiger partial charge in [0.15, 0.2) is 11.5 Å². The van der Waals surface area contributed by atoms with Crippen LogP contribution in [0.3, 0.4) is 0 Å². The smallest absolute Gasteiger partial charge is 0.182 e. The highest BCUT2D eigenvalue weighted by Crippen LogP contribution is 2.25. The number of benzene rings is 1. The van der Waals surface area contributed by atoms with Crippen LogP contribution < -0.4 is 5.32 Å². The Hall–Kier alpha value is -2.61. The Morgan fingerprint density at radius 1 is 1.17 bits per heavy atom. The molecule has 6 nitrogen and oxygen atoms in total. The van der Waals surface area contributed by atoms with Gasteiger partial charge >= 0.3 is 0 Å². The average molecular weight is 318 g/mol. The molecule has 2 aromatic heterocycles. The van der Waals surface area contributed by atoms with E-state index in [4.69, 9.17) is 0 Å². The molecule has 2 N–H and O–H groups in total. The number of nitrogens with zero attached hydrogens (tertiary/aromatic N) is 4. The number of hydrogen-bond acceptors (Lipinski definition) is 5. The van der Waals surface area contributed by atoms with Crippen LogP contribution in [0.4, 0.5) is 14.6 Å². The second-order valence-electron chi connectivity index (χ2n) is 5.32. The zero-order valence-corrected chi connectivity index (χ0v) is 12.7. The third-order valence-electron chi connectivity index (χ3n) is 3.64. The minimum Gasteiger partial charge on any atom is -0.366 e. The van der Waals surface area contributed by atoms with Crippen LogP contribution in [0.5, 0.6) is 0 Å². The standard InChI is InChI=1S/C15H16F2N6/c1-23(2)11(12-9(16)4-3-5-10(12)17)6-18-14-13-15(20-7-19-13)22-8-21-14/h3-5,7-8,11H,6H2,1-2H3,(H2,18,19,20,21,22). The molecule has 0 fully saturated rings. The van der Waals surface area contributed by atoms with Gasteiger partial charge in [0.1, 0.15) is 23.5 Å².